The van der Waals surface area contributed by atoms with E-state index in [9.17, 15) is 0 Å². The van der Waals surface area contributed by atoms with Crippen LogP contribution in [0.15, 0.2) is 109 Å². The quantitative estimate of drug-likeness (QED) is 0.383. The Kier molecular flexibility index (Phi) is 8.41. The summed E-state index contributed by atoms with van der Waals surface area (Å²) in [6, 6.07) is 37.5. The molecule has 1 saturated heterocycles. The molecule has 5 aliphatic heterocycles. The Morgan fingerprint density at radius 1 is 0.410 bits per heavy atom. The number of hydrogen-bond acceptors (Lipinski definition) is 5. The maximum atomic E-state index is 6.51. The van der Waals surface area contributed by atoms with Gasteiger partial charge >= 0.3 is 13.8 Å². The third kappa shape index (κ3) is 6.63. The number of benzene rings is 4. The fraction of sp³-hybridized carbons (Fsp3) is 0.250. The largest absolute Gasteiger partial charge is 0.457 e. The molecular weight excluding hydrogens is 482 g/mol. The van der Waals surface area contributed by atoms with Crippen LogP contribution in [0.25, 0.3) is 0 Å². The minimum absolute atomic E-state index is 0.109. The van der Waals surface area contributed by atoms with E-state index < -0.39 is 0 Å². The van der Waals surface area contributed by atoms with Gasteiger partial charge in [0.2, 0.25) is 0 Å². The standard InChI is InChI=1S/C32H34B2N2O3/c1-3-7-27(8-4-1)33-29-11-15-31(16-12-29)39-32-17-13-30(14-18-32)34(28-9-5-2-6-10-28)38-26-24-36-21-19-35(20-22-36)23-25-37-33/h1-18H,19-26H2. The van der Waals surface area contributed by atoms with Crippen molar-refractivity contribution in [1.82, 2.24) is 9.80 Å². The fourth-order valence-corrected chi connectivity index (χ4v) is 5.42. The van der Waals surface area contributed by atoms with E-state index in [1.165, 1.54) is 0 Å². The van der Waals surface area contributed by atoms with Gasteiger partial charge in [0.05, 0.1) is 0 Å². The summed E-state index contributed by atoms with van der Waals surface area (Å²) in [5, 5.41) is 0. The second-order valence-corrected chi connectivity index (χ2v) is 10.2. The van der Waals surface area contributed by atoms with Crippen LogP contribution in [-0.2, 0) is 9.31 Å². The summed E-state index contributed by atoms with van der Waals surface area (Å²) in [5.74, 6) is 1.61. The number of hydrogen-bond donors (Lipinski definition) is 0. The first kappa shape index (κ1) is 25.9. The van der Waals surface area contributed by atoms with E-state index in [1.54, 1.807) is 0 Å². The lowest BCUT2D eigenvalue weighted by Crippen LogP contribution is -2.50. The van der Waals surface area contributed by atoms with Crippen molar-refractivity contribution in [3.63, 3.8) is 0 Å². The molecule has 0 saturated carbocycles. The normalized spacial score (nSPS) is 20.4. The first-order valence-electron chi connectivity index (χ1n) is 14.0. The first-order valence-corrected chi connectivity index (χ1v) is 14.0. The molecule has 4 aromatic carbocycles. The van der Waals surface area contributed by atoms with Crippen molar-refractivity contribution in [2.75, 3.05) is 52.5 Å². The highest BCUT2D eigenvalue weighted by Crippen LogP contribution is 2.20. The molecule has 0 aromatic heterocycles. The molecule has 0 atom stereocenters. The molecule has 5 heterocycles. The van der Waals surface area contributed by atoms with Crippen LogP contribution in [0.3, 0.4) is 0 Å². The van der Waals surface area contributed by atoms with E-state index in [4.69, 9.17) is 14.0 Å². The second kappa shape index (κ2) is 12.7. The van der Waals surface area contributed by atoms with Crippen LogP contribution in [0.1, 0.15) is 0 Å². The van der Waals surface area contributed by atoms with Gasteiger partial charge in [0.1, 0.15) is 11.5 Å². The fourth-order valence-electron chi connectivity index (χ4n) is 5.42. The Morgan fingerprint density at radius 3 is 1.15 bits per heavy atom. The van der Waals surface area contributed by atoms with Gasteiger partial charge in [0.25, 0.3) is 0 Å². The predicted molar refractivity (Wildman–Crippen MR) is 161 cm³/mol. The predicted octanol–water partition coefficient (Wildman–Crippen LogP) is 2.35. The molecule has 5 nitrogen and oxygen atoms in total. The summed E-state index contributed by atoms with van der Waals surface area (Å²) >= 11 is 0. The van der Waals surface area contributed by atoms with E-state index in [0.29, 0.717) is 13.2 Å². The maximum absolute atomic E-state index is 6.51. The van der Waals surface area contributed by atoms with Crippen molar-refractivity contribution in [2.24, 2.45) is 0 Å². The molecule has 0 radical (unpaired) electrons. The topological polar surface area (TPSA) is 34.2 Å². The third-order valence-electron chi connectivity index (χ3n) is 7.66. The summed E-state index contributed by atoms with van der Waals surface area (Å²) in [6.45, 7) is 7.22. The highest BCUT2D eigenvalue weighted by Gasteiger charge is 2.25. The molecule has 196 valence electrons. The molecular formula is C32H34B2N2O3. The summed E-state index contributed by atoms with van der Waals surface area (Å²) in [6.07, 6.45) is 0. The summed E-state index contributed by atoms with van der Waals surface area (Å²) in [5.41, 5.74) is 4.58. The lowest BCUT2D eigenvalue weighted by Gasteiger charge is -2.35. The molecule has 9 rings (SSSR count). The smallest absolute Gasteiger partial charge is 0.361 e. The average molecular weight is 516 g/mol. The Balaban J connectivity index is 1.27. The number of nitrogens with zero attached hydrogens (tertiary/aromatic N) is 2. The molecule has 6 bridgehead atoms. The Hall–Kier alpha value is -3.35. The molecule has 4 aromatic rings. The molecule has 0 aliphatic carbocycles. The van der Waals surface area contributed by atoms with Crippen molar-refractivity contribution in [1.29, 1.82) is 0 Å². The number of fused-ring (bicyclic) bond motifs is 3. The first-order chi connectivity index (χ1) is 19.3. The SMILES string of the molecule is c1ccc(B2OCCN3CCN(CCOB(c4ccccc4)c4ccc(cc4)Oc4ccc2cc4)CC3)cc1. The molecule has 39 heavy (non-hydrogen) atoms. The molecule has 7 heteroatoms. The zero-order valence-corrected chi connectivity index (χ0v) is 22.3. The molecule has 0 amide bonds. The van der Waals surface area contributed by atoms with Crippen molar-refractivity contribution in [2.45, 2.75) is 0 Å². The van der Waals surface area contributed by atoms with Crippen LogP contribution < -0.4 is 26.6 Å². The van der Waals surface area contributed by atoms with Gasteiger partial charge in [-0.1, -0.05) is 84.9 Å². The van der Waals surface area contributed by atoms with Crippen LogP contribution in [0, 0.1) is 0 Å². The van der Waals surface area contributed by atoms with Gasteiger partial charge in [-0.2, -0.15) is 0 Å². The minimum Gasteiger partial charge on any atom is -0.457 e. The molecule has 0 unspecified atom stereocenters. The van der Waals surface area contributed by atoms with Gasteiger partial charge in [-0.3, -0.25) is 9.80 Å². The monoisotopic (exact) mass is 516 g/mol. The molecule has 5 aliphatic rings. The van der Waals surface area contributed by atoms with Crippen LogP contribution in [-0.4, -0.2) is 76.1 Å². The lowest BCUT2D eigenvalue weighted by atomic mass is 9.55. The van der Waals surface area contributed by atoms with Gasteiger partial charge < -0.3 is 14.0 Å². The van der Waals surface area contributed by atoms with Crippen LogP contribution in [0.5, 0.6) is 11.5 Å². The van der Waals surface area contributed by atoms with Crippen LogP contribution >= 0.6 is 0 Å². The van der Waals surface area contributed by atoms with Crippen LogP contribution in [0.4, 0.5) is 0 Å². The highest BCUT2D eigenvalue weighted by molar-refractivity contribution is 6.80. The second-order valence-electron chi connectivity index (χ2n) is 10.2. The molecule has 0 N–H and O–H groups in total. The van der Waals surface area contributed by atoms with E-state index >= 15 is 0 Å². The van der Waals surface area contributed by atoms with Gasteiger partial charge in [0, 0.05) is 52.5 Å². The summed E-state index contributed by atoms with van der Waals surface area (Å²) < 4.78 is 19.2. The zero-order valence-electron chi connectivity index (χ0n) is 22.3. The minimum atomic E-state index is -0.109. The Bertz CT molecular complexity index is 1200. The van der Waals surface area contributed by atoms with E-state index in [2.05, 4.69) is 82.6 Å². The van der Waals surface area contributed by atoms with Crippen molar-refractivity contribution < 1.29 is 14.0 Å². The average Bonchev–Trinajstić information content (AvgIpc) is 3.00. The van der Waals surface area contributed by atoms with Gasteiger partial charge in [-0.15, -0.1) is 0 Å². The Labute approximate surface area is 232 Å². The lowest BCUT2D eigenvalue weighted by molar-refractivity contribution is 0.106. The highest BCUT2D eigenvalue weighted by atomic mass is 16.5. The molecule has 0 spiro atoms. The van der Waals surface area contributed by atoms with Crippen molar-refractivity contribution in [3.8, 4) is 11.5 Å². The van der Waals surface area contributed by atoms with Gasteiger partial charge in [-0.05, 0) is 46.1 Å². The number of rotatable bonds is 2. The third-order valence-corrected chi connectivity index (χ3v) is 7.66. The van der Waals surface area contributed by atoms with E-state index in [-0.39, 0.29) is 13.8 Å². The van der Waals surface area contributed by atoms with E-state index in [1.807, 2.05) is 36.4 Å². The maximum Gasteiger partial charge on any atom is 0.361 e. The number of piperazine rings is 1. The van der Waals surface area contributed by atoms with Crippen molar-refractivity contribution >= 4 is 35.7 Å². The van der Waals surface area contributed by atoms with Gasteiger partial charge in [-0.25, -0.2) is 0 Å². The summed E-state index contributed by atoms with van der Waals surface area (Å²) in [7, 11) is 0. The molecule has 1 fully saturated rings. The van der Waals surface area contributed by atoms with Gasteiger partial charge in [0.15, 0.2) is 0 Å². The van der Waals surface area contributed by atoms with Crippen LogP contribution in [0.2, 0.25) is 0 Å². The zero-order chi connectivity index (χ0) is 26.3. The Morgan fingerprint density at radius 2 is 0.769 bits per heavy atom. The number of ether oxygens (including phenoxy) is 1. The van der Waals surface area contributed by atoms with Crippen molar-refractivity contribution in [3.05, 3.63) is 109 Å². The van der Waals surface area contributed by atoms with E-state index in [0.717, 1.165) is 72.6 Å². The summed E-state index contributed by atoms with van der Waals surface area (Å²) in [4.78, 5) is 5.01.